The lowest BCUT2D eigenvalue weighted by molar-refractivity contribution is 0.226. The standard InChI is InChI=1S/C10H17ClN4O2/c1-4-17-10-14-8(11)13-9(15-10)12-7(3)6(2)5-16/h6-7,16H,4-5H2,1-3H3,(H,12,13,14,15). The maximum Gasteiger partial charge on any atom is 0.322 e. The van der Waals surface area contributed by atoms with E-state index in [4.69, 9.17) is 21.4 Å². The highest BCUT2D eigenvalue weighted by molar-refractivity contribution is 6.28. The first kappa shape index (κ1) is 13.9. The van der Waals surface area contributed by atoms with Crippen molar-refractivity contribution in [3.8, 4) is 6.01 Å². The number of aliphatic hydroxyl groups is 1. The molecule has 17 heavy (non-hydrogen) atoms. The van der Waals surface area contributed by atoms with Gasteiger partial charge in [-0.1, -0.05) is 6.92 Å². The molecule has 2 atom stereocenters. The minimum atomic E-state index is 0.0212. The lowest BCUT2D eigenvalue weighted by atomic mass is 10.1. The second-order valence-electron chi connectivity index (χ2n) is 3.74. The summed E-state index contributed by atoms with van der Waals surface area (Å²) >= 11 is 5.75. The summed E-state index contributed by atoms with van der Waals surface area (Å²) in [7, 11) is 0. The quantitative estimate of drug-likeness (QED) is 0.804. The summed E-state index contributed by atoms with van der Waals surface area (Å²) in [5.41, 5.74) is 0. The van der Waals surface area contributed by atoms with Crippen LogP contribution in [-0.2, 0) is 0 Å². The molecular formula is C10H17ClN4O2. The highest BCUT2D eigenvalue weighted by Gasteiger charge is 2.13. The topological polar surface area (TPSA) is 80.2 Å². The van der Waals surface area contributed by atoms with Gasteiger partial charge in [-0.15, -0.1) is 0 Å². The molecule has 1 rings (SSSR count). The van der Waals surface area contributed by atoms with Gasteiger partial charge in [-0.3, -0.25) is 0 Å². The lowest BCUT2D eigenvalue weighted by Crippen LogP contribution is -2.27. The Morgan fingerprint density at radius 3 is 2.65 bits per heavy atom. The van der Waals surface area contributed by atoms with Crippen LogP contribution < -0.4 is 10.1 Å². The zero-order chi connectivity index (χ0) is 12.8. The number of ether oxygens (including phenoxy) is 1. The molecule has 0 aromatic carbocycles. The zero-order valence-electron chi connectivity index (χ0n) is 10.1. The van der Waals surface area contributed by atoms with Crippen molar-refractivity contribution < 1.29 is 9.84 Å². The summed E-state index contributed by atoms with van der Waals surface area (Å²) in [6, 6.07) is 0.215. The Labute approximate surface area is 105 Å². The molecular weight excluding hydrogens is 244 g/mol. The fourth-order valence-electron chi connectivity index (χ4n) is 1.09. The van der Waals surface area contributed by atoms with Crippen LogP contribution in [-0.4, -0.2) is 39.3 Å². The Balaban J connectivity index is 2.76. The average Bonchev–Trinajstić information content (AvgIpc) is 2.27. The Hall–Kier alpha value is -1.14. The number of hydrogen-bond acceptors (Lipinski definition) is 6. The third-order valence-electron chi connectivity index (χ3n) is 2.36. The molecule has 0 saturated heterocycles. The summed E-state index contributed by atoms with van der Waals surface area (Å²) in [6.07, 6.45) is 0. The van der Waals surface area contributed by atoms with E-state index in [2.05, 4.69) is 20.3 Å². The first-order valence-electron chi connectivity index (χ1n) is 5.48. The van der Waals surface area contributed by atoms with E-state index in [0.717, 1.165) is 0 Å². The molecule has 0 aliphatic carbocycles. The third kappa shape index (κ3) is 4.32. The second kappa shape index (κ2) is 6.56. The molecule has 0 amide bonds. The van der Waals surface area contributed by atoms with Gasteiger partial charge in [0.15, 0.2) is 0 Å². The minimum absolute atomic E-state index is 0.0212. The first-order chi connectivity index (χ1) is 8.06. The van der Waals surface area contributed by atoms with Crippen LogP contribution in [0.1, 0.15) is 20.8 Å². The van der Waals surface area contributed by atoms with Crippen LogP contribution in [0, 0.1) is 5.92 Å². The van der Waals surface area contributed by atoms with Crippen LogP contribution >= 0.6 is 11.6 Å². The van der Waals surface area contributed by atoms with Gasteiger partial charge < -0.3 is 15.2 Å². The van der Waals surface area contributed by atoms with E-state index in [1.165, 1.54) is 0 Å². The Morgan fingerprint density at radius 2 is 2.06 bits per heavy atom. The molecule has 96 valence electrons. The molecule has 1 aromatic heterocycles. The van der Waals surface area contributed by atoms with Gasteiger partial charge >= 0.3 is 6.01 Å². The van der Waals surface area contributed by atoms with Crippen molar-refractivity contribution in [2.75, 3.05) is 18.5 Å². The van der Waals surface area contributed by atoms with Gasteiger partial charge in [-0.05, 0) is 31.4 Å². The van der Waals surface area contributed by atoms with Crippen molar-refractivity contribution in [2.45, 2.75) is 26.8 Å². The molecule has 7 heteroatoms. The maximum absolute atomic E-state index is 9.03. The molecule has 0 bridgehead atoms. The van der Waals surface area contributed by atoms with E-state index in [1.807, 2.05) is 20.8 Å². The number of halogens is 1. The van der Waals surface area contributed by atoms with E-state index in [1.54, 1.807) is 0 Å². The molecule has 1 aromatic rings. The van der Waals surface area contributed by atoms with Gasteiger partial charge in [0.05, 0.1) is 6.61 Å². The van der Waals surface area contributed by atoms with Crippen LogP contribution in [0.15, 0.2) is 0 Å². The fraction of sp³-hybridized carbons (Fsp3) is 0.700. The van der Waals surface area contributed by atoms with Crippen LogP contribution in [0.5, 0.6) is 6.01 Å². The molecule has 2 N–H and O–H groups in total. The molecule has 0 saturated carbocycles. The van der Waals surface area contributed by atoms with Crippen molar-refractivity contribution in [1.29, 1.82) is 0 Å². The lowest BCUT2D eigenvalue weighted by Gasteiger charge is -2.19. The Bertz CT molecular complexity index is 364. The van der Waals surface area contributed by atoms with Crippen LogP contribution in [0.4, 0.5) is 5.95 Å². The zero-order valence-corrected chi connectivity index (χ0v) is 10.9. The fourth-order valence-corrected chi connectivity index (χ4v) is 1.25. The molecule has 0 radical (unpaired) electrons. The molecule has 0 aliphatic heterocycles. The number of nitrogens with zero attached hydrogens (tertiary/aromatic N) is 3. The van der Waals surface area contributed by atoms with Gasteiger partial charge in [0.2, 0.25) is 11.2 Å². The number of anilines is 1. The average molecular weight is 261 g/mol. The normalized spacial score (nSPS) is 14.2. The molecule has 0 spiro atoms. The highest BCUT2D eigenvalue weighted by atomic mass is 35.5. The predicted molar refractivity (Wildman–Crippen MR) is 65.3 cm³/mol. The summed E-state index contributed by atoms with van der Waals surface area (Å²) in [5.74, 6) is 0.433. The minimum Gasteiger partial charge on any atom is -0.464 e. The SMILES string of the molecule is CCOc1nc(Cl)nc(NC(C)C(C)CO)n1. The van der Waals surface area contributed by atoms with E-state index < -0.39 is 0 Å². The van der Waals surface area contributed by atoms with E-state index in [-0.39, 0.29) is 29.9 Å². The Morgan fingerprint density at radius 1 is 1.35 bits per heavy atom. The molecule has 0 aliphatic rings. The van der Waals surface area contributed by atoms with Crippen molar-refractivity contribution in [3.63, 3.8) is 0 Å². The number of nitrogens with one attached hydrogen (secondary N) is 1. The van der Waals surface area contributed by atoms with Crippen LogP contribution in [0.25, 0.3) is 0 Å². The van der Waals surface area contributed by atoms with Gasteiger partial charge in [0.25, 0.3) is 0 Å². The monoisotopic (exact) mass is 260 g/mol. The predicted octanol–water partition coefficient (Wildman–Crippen LogP) is 1.35. The second-order valence-corrected chi connectivity index (χ2v) is 4.07. The van der Waals surface area contributed by atoms with E-state index in [0.29, 0.717) is 12.6 Å². The summed E-state index contributed by atoms with van der Waals surface area (Å²) in [6.45, 7) is 6.23. The van der Waals surface area contributed by atoms with Crippen molar-refractivity contribution in [1.82, 2.24) is 15.0 Å². The van der Waals surface area contributed by atoms with Crippen molar-refractivity contribution in [2.24, 2.45) is 5.92 Å². The van der Waals surface area contributed by atoms with Crippen molar-refractivity contribution >= 4 is 17.5 Å². The van der Waals surface area contributed by atoms with Gasteiger partial charge in [-0.2, -0.15) is 15.0 Å². The van der Waals surface area contributed by atoms with Crippen molar-refractivity contribution in [3.05, 3.63) is 5.28 Å². The van der Waals surface area contributed by atoms with E-state index >= 15 is 0 Å². The smallest absolute Gasteiger partial charge is 0.322 e. The van der Waals surface area contributed by atoms with E-state index in [9.17, 15) is 0 Å². The molecule has 6 nitrogen and oxygen atoms in total. The number of aromatic nitrogens is 3. The molecule has 2 unspecified atom stereocenters. The van der Waals surface area contributed by atoms with Crippen LogP contribution in [0.3, 0.4) is 0 Å². The number of aliphatic hydroxyl groups excluding tert-OH is 1. The van der Waals surface area contributed by atoms with Gasteiger partial charge in [0, 0.05) is 12.6 Å². The Kier molecular flexibility index (Phi) is 5.37. The molecule has 1 heterocycles. The maximum atomic E-state index is 9.03. The van der Waals surface area contributed by atoms with Gasteiger partial charge in [-0.25, -0.2) is 0 Å². The summed E-state index contributed by atoms with van der Waals surface area (Å²) < 4.78 is 5.16. The summed E-state index contributed by atoms with van der Waals surface area (Å²) in [5, 5.41) is 12.2. The number of rotatable bonds is 6. The molecule has 0 fully saturated rings. The highest BCUT2D eigenvalue weighted by Crippen LogP contribution is 2.14. The summed E-state index contributed by atoms with van der Waals surface area (Å²) in [4.78, 5) is 11.8. The third-order valence-corrected chi connectivity index (χ3v) is 2.53. The largest absolute Gasteiger partial charge is 0.464 e. The van der Waals surface area contributed by atoms with Crippen LogP contribution in [0.2, 0.25) is 5.28 Å². The van der Waals surface area contributed by atoms with Gasteiger partial charge in [0.1, 0.15) is 0 Å². The first-order valence-corrected chi connectivity index (χ1v) is 5.86. The number of hydrogen-bond donors (Lipinski definition) is 2.